The van der Waals surface area contributed by atoms with Crippen LogP contribution in [0.3, 0.4) is 0 Å². The summed E-state index contributed by atoms with van der Waals surface area (Å²) in [5.74, 6) is 3.21. The minimum Gasteiger partial charge on any atom is -0.265 e. The summed E-state index contributed by atoms with van der Waals surface area (Å²) >= 11 is 1.96. The van der Waals surface area contributed by atoms with Crippen LogP contribution in [-0.2, 0) is 5.41 Å². The number of thiophene rings is 1. The lowest BCUT2D eigenvalue weighted by Gasteiger charge is -2.61. The molecule has 4 saturated carbocycles. The highest BCUT2D eigenvalue weighted by atomic mass is 32.1. The van der Waals surface area contributed by atoms with Gasteiger partial charge in [0, 0.05) is 43.5 Å². The van der Waals surface area contributed by atoms with Crippen LogP contribution in [0.4, 0.5) is 0 Å². The van der Waals surface area contributed by atoms with Gasteiger partial charge >= 0.3 is 0 Å². The van der Waals surface area contributed by atoms with Crippen LogP contribution in [0.15, 0.2) is 152 Å². The fourth-order valence-electron chi connectivity index (χ4n) is 12.1. The van der Waals surface area contributed by atoms with Crippen molar-refractivity contribution in [2.24, 2.45) is 23.7 Å². The number of benzene rings is 6. The molecule has 53 heavy (non-hydrogen) atoms. The molecule has 254 valence electrons. The molecule has 2 aromatic heterocycles. The maximum absolute atomic E-state index is 4.34. The first-order chi connectivity index (χ1) is 26.3. The van der Waals surface area contributed by atoms with Crippen LogP contribution >= 0.6 is 11.3 Å². The van der Waals surface area contributed by atoms with E-state index in [4.69, 9.17) is 0 Å². The molecule has 2 heterocycles. The fourth-order valence-corrected chi connectivity index (χ4v) is 13.3. The molecule has 0 saturated heterocycles. The van der Waals surface area contributed by atoms with Gasteiger partial charge in [-0.25, -0.2) is 0 Å². The molecule has 5 aliphatic rings. The van der Waals surface area contributed by atoms with Crippen molar-refractivity contribution in [3.63, 3.8) is 0 Å². The second-order valence-corrected chi connectivity index (χ2v) is 17.3. The Morgan fingerprint density at radius 1 is 0.453 bits per heavy atom. The zero-order chi connectivity index (χ0) is 34.7. The largest absolute Gasteiger partial charge is 0.265 e. The average molecular weight is 698 g/mol. The van der Waals surface area contributed by atoms with E-state index in [1.165, 1.54) is 108 Å². The highest BCUT2D eigenvalue weighted by molar-refractivity contribution is 7.26. The molecule has 6 aromatic carbocycles. The highest BCUT2D eigenvalue weighted by Crippen LogP contribution is 2.70. The van der Waals surface area contributed by atoms with Crippen molar-refractivity contribution in [3.8, 4) is 55.6 Å². The first-order valence-electron chi connectivity index (χ1n) is 19.5. The van der Waals surface area contributed by atoms with Gasteiger partial charge in [-0.2, -0.15) is 0 Å². The van der Waals surface area contributed by atoms with Gasteiger partial charge in [0.1, 0.15) is 0 Å². The molecule has 0 radical (unpaired) electrons. The van der Waals surface area contributed by atoms with Crippen LogP contribution < -0.4 is 0 Å². The molecule has 0 amide bonds. The lowest BCUT2D eigenvalue weighted by molar-refractivity contribution is -0.0399. The smallest absolute Gasteiger partial charge is 0.0434 e. The molecule has 1 spiro atoms. The van der Waals surface area contributed by atoms with E-state index in [2.05, 4.69) is 145 Å². The molecule has 8 aromatic rings. The van der Waals surface area contributed by atoms with Crippen LogP contribution in [0.25, 0.3) is 75.8 Å². The lowest BCUT2D eigenvalue weighted by Crippen LogP contribution is -2.55. The Hall–Kier alpha value is -5.31. The molecule has 5 aliphatic carbocycles. The van der Waals surface area contributed by atoms with Gasteiger partial charge in [-0.05, 0) is 147 Å². The van der Waals surface area contributed by atoms with E-state index >= 15 is 0 Å². The van der Waals surface area contributed by atoms with Crippen molar-refractivity contribution in [2.75, 3.05) is 0 Å². The molecule has 1 nitrogen and oxygen atoms in total. The number of nitrogens with zero attached hydrogens (tertiary/aromatic N) is 1. The Labute approximate surface area is 315 Å². The van der Waals surface area contributed by atoms with E-state index in [-0.39, 0.29) is 5.41 Å². The summed E-state index contributed by atoms with van der Waals surface area (Å²) in [6, 6.07) is 53.2. The average Bonchev–Trinajstić information content (AvgIpc) is 3.74. The Morgan fingerprint density at radius 3 is 1.77 bits per heavy atom. The Kier molecular flexibility index (Phi) is 6.46. The first-order valence-corrected chi connectivity index (χ1v) is 20.4. The molecule has 13 rings (SSSR count). The van der Waals surface area contributed by atoms with Crippen molar-refractivity contribution < 1.29 is 0 Å². The normalized spacial score (nSPS) is 23.5. The number of fused-ring (bicyclic) bond motifs is 6. The Bertz CT molecular complexity index is 2720. The zero-order valence-electron chi connectivity index (χ0n) is 29.6. The third-order valence-electron chi connectivity index (χ3n) is 13.8. The van der Waals surface area contributed by atoms with Gasteiger partial charge in [0.2, 0.25) is 0 Å². The van der Waals surface area contributed by atoms with Gasteiger partial charge in [-0.3, -0.25) is 4.98 Å². The van der Waals surface area contributed by atoms with Crippen molar-refractivity contribution in [1.82, 2.24) is 4.98 Å². The second-order valence-electron chi connectivity index (χ2n) is 16.3. The van der Waals surface area contributed by atoms with E-state index in [1.54, 1.807) is 11.1 Å². The van der Waals surface area contributed by atoms with Crippen LogP contribution in [0.5, 0.6) is 0 Å². The predicted molar refractivity (Wildman–Crippen MR) is 222 cm³/mol. The van der Waals surface area contributed by atoms with Crippen molar-refractivity contribution in [3.05, 3.63) is 163 Å². The number of aromatic nitrogens is 1. The Morgan fingerprint density at radius 2 is 1.04 bits per heavy atom. The fraction of sp³-hybridized carbons (Fsp3) is 0.196. The zero-order valence-corrected chi connectivity index (χ0v) is 30.5. The van der Waals surface area contributed by atoms with Crippen LogP contribution in [-0.4, -0.2) is 4.98 Å². The summed E-state index contributed by atoms with van der Waals surface area (Å²) in [6.07, 6.45) is 10.8. The predicted octanol–water partition coefficient (Wildman–Crippen LogP) is 13.8. The molecule has 4 bridgehead atoms. The van der Waals surface area contributed by atoms with E-state index < -0.39 is 0 Å². The van der Waals surface area contributed by atoms with E-state index in [0.29, 0.717) is 11.8 Å². The third-order valence-corrected chi connectivity index (χ3v) is 15.0. The van der Waals surface area contributed by atoms with Crippen LogP contribution in [0.2, 0.25) is 0 Å². The van der Waals surface area contributed by atoms with Gasteiger partial charge in [0.15, 0.2) is 0 Å². The molecule has 4 fully saturated rings. The summed E-state index contributed by atoms with van der Waals surface area (Å²) < 4.78 is 2.76. The van der Waals surface area contributed by atoms with E-state index in [0.717, 1.165) is 11.8 Å². The van der Waals surface area contributed by atoms with Crippen molar-refractivity contribution >= 4 is 31.5 Å². The lowest BCUT2D eigenvalue weighted by atomic mass is 9.43. The summed E-state index contributed by atoms with van der Waals surface area (Å²) in [5, 5.41) is 2.72. The number of hydrogen-bond acceptors (Lipinski definition) is 2. The number of rotatable bonds is 4. The summed E-state index contributed by atoms with van der Waals surface area (Å²) in [6.45, 7) is 0. The highest BCUT2D eigenvalue weighted by Gasteiger charge is 2.61. The molecular formula is C51H39NS. The van der Waals surface area contributed by atoms with Gasteiger partial charge < -0.3 is 0 Å². The van der Waals surface area contributed by atoms with Gasteiger partial charge in [-0.15, -0.1) is 11.3 Å². The molecule has 0 N–H and O–H groups in total. The van der Waals surface area contributed by atoms with Crippen LogP contribution in [0, 0.1) is 23.7 Å². The van der Waals surface area contributed by atoms with Gasteiger partial charge in [0.05, 0.1) is 0 Å². The minimum atomic E-state index is 0.0715. The quantitative estimate of drug-likeness (QED) is 0.178. The third kappa shape index (κ3) is 4.22. The first kappa shape index (κ1) is 30.2. The second kappa shape index (κ2) is 11.3. The maximum atomic E-state index is 4.34. The number of pyridine rings is 1. The topological polar surface area (TPSA) is 12.9 Å². The van der Waals surface area contributed by atoms with E-state index in [1.807, 2.05) is 23.7 Å². The Balaban J connectivity index is 1.18. The van der Waals surface area contributed by atoms with Crippen molar-refractivity contribution in [2.45, 2.75) is 37.5 Å². The van der Waals surface area contributed by atoms with Crippen LogP contribution in [0.1, 0.15) is 43.2 Å². The number of hydrogen-bond donors (Lipinski definition) is 0. The molecule has 2 heteroatoms. The van der Waals surface area contributed by atoms with Gasteiger partial charge in [-0.1, -0.05) is 109 Å². The SMILES string of the molecule is c1ccc(-c2ccccc2-c2cc(-c3cccc4c3sc3ccccc34)c3c(c2)C2(c4ccccc4-3)C3CC4CC(C3)CC2C4)c(-c2ccncc2)c1. The summed E-state index contributed by atoms with van der Waals surface area (Å²) in [4.78, 5) is 4.34. The summed E-state index contributed by atoms with van der Waals surface area (Å²) in [7, 11) is 0. The standard InChI is InChI=1S/C51H39NS/c1-3-12-39(37(10-1)33-20-22-52-23-21-33)40-13-4-2-11-38(40)34-29-45(43-17-9-16-42-41-14-6-8-19-48(41)53-50(42)43)49-44-15-5-7-18-46(44)51(47(49)30-34)35-25-31-24-32(27-35)28-36(51)26-31/h1-23,29-32,35-36H,24-28H2. The molecule has 0 atom stereocenters. The molecule has 0 aliphatic heterocycles. The van der Waals surface area contributed by atoms with Gasteiger partial charge in [0.25, 0.3) is 0 Å². The summed E-state index contributed by atoms with van der Waals surface area (Å²) in [5.41, 5.74) is 16.6. The van der Waals surface area contributed by atoms with E-state index in [9.17, 15) is 0 Å². The molecular weight excluding hydrogens is 659 g/mol. The maximum Gasteiger partial charge on any atom is 0.0434 e. The minimum absolute atomic E-state index is 0.0715. The molecule has 0 unspecified atom stereocenters. The van der Waals surface area contributed by atoms with Crippen molar-refractivity contribution in [1.29, 1.82) is 0 Å². The monoisotopic (exact) mass is 697 g/mol.